The Kier molecular flexibility index (Phi) is 4.63. The third-order valence-electron chi connectivity index (χ3n) is 4.60. The van der Waals surface area contributed by atoms with E-state index in [4.69, 9.17) is 0 Å². The van der Waals surface area contributed by atoms with Gasteiger partial charge in [-0.1, -0.05) is 0 Å². The van der Waals surface area contributed by atoms with Crippen LogP contribution in [-0.2, 0) is 0 Å². The average molecular weight is 401 g/mol. The minimum absolute atomic E-state index is 0.238. The molecule has 2 unspecified atom stereocenters. The molecule has 0 spiro atoms. The largest absolute Gasteiger partial charge is 0.366 e. The van der Waals surface area contributed by atoms with Gasteiger partial charge in [-0.3, -0.25) is 10.1 Å². The number of nitro groups is 1. The molecule has 2 aliphatic rings. The van der Waals surface area contributed by atoms with Crippen LogP contribution in [0.15, 0.2) is 18.2 Å². The first-order chi connectivity index (χ1) is 10.1. The highest BCUT2D eigenvalue weighted by molar-refractivity contribution is 14.1. The second kappa shape index (κ2) is 6.48. The van der Waals surface area contributed by atoms with Crippen molar-refractivity contribution in [2.75, 3.05) is 24.5 Å². The van der Waals surface area contributed by atoms with Gasteiger partial charge in [0.2, 0.25) is 0 Å². The van der Waals surface area contributed by atoms with Crippen molar-refractivity contribution in [3.8, 4) is 0 Å². The predicted octanol–water partition coefficient (Wildman–Crippen LogP) is 3.17. The molecule has 1 aromatic rings. The van der Waals surface area contributed by atoms with E-state index in [1.165, 1.54) is 19.3 Å². The Morgan fingerprint density at radius 2 is 2.19 bits per heavy atom. The van der Waals surface area contributed by atoms with Crippen LogP contribution in [-0.4, -0.2) is 30.6 Å². The summed E-state index contributed by atoms with van der Waals surface area (Å²) in [7, 11) is 0. The zero-order chi connectivity index (χ0) is 14.8. The van der Waals surface area contributed by atoms with Crippen LogP contribution in [0.3, 0.4) is 0 Å². The molecule has 1 N–H and O–H groups in total. The lowest BCUT2D eigenvalue weighted by Crippen LogP contribution is -2.43. The minimum Gasteiger partial charge on any atom is -0.366 e. The first-order valence-electron chi connectivity index (χ1n) is 7.57. The van der Waals surface area contributed by atoms with Crippen LogP contribution in [0.5, 0.6) is 0 Å². The molecule has 3 rings (SSSR count). The molecular weight excluding hydrogens is 381 g/mol. The molecule has 0 aliphatic carbocycles. The molecule has 6 heteroatoms. The Morgan fingerprint density at radius 3 is 2.90 bits per heavy atom. The van der Waals surface area contributed by atoms with E-state index in [9.17, 15) is 10.1 Å². The van der Waals surface area contributed by atoms with E-state index in [-0.39, 0.29) is 10.6 Å². The number of benzene rings is 1. The Balaban J connectivity index is 1.81. The standard InChI is InChI=1S/C15H20IN3O2/c16-12-5-6-14(15(9-12)19(20)21)18-8-2-3-11(10-18)13-4-1-7-17-13/h5-6,9,11,13,17H,1-4,7-8,10H2. The lowest BCUT2D eigenvalue weighted by Gasteiger charge is -2.37. The molecule has 0 bridgehead atoms. The van der Waals surface area contributed by atoms with E-state index in [0.29, 0.717) is 12.0 Å². The normalized spacial score (nSPS) is 26.0. The highest BCUT2D eigenvalue weighted by Gasteiger charge is 2.31. The highest BCUT2D eigenvalue weighted by Crippen LogP contribution is 2.34. The van der Waals surface area contributed by atoms with Crippen molar-refractivity contribution in [3.05, 3.63) is 31.9 Å². The summed E-state index contributed by atoms with van der Waals surface area (Å²) in [4.78, 5) is 13.3. The number of anilines is 1. The van der Waals surface area contributed by atoms with E-state index in [2.05, 4.69) is 32.8 Å². The van der Waals surface area contributed by atoms with Crippen LogP contribution < -0.4 is 10.2 Å². The molecule has 0 radical (unpaired) electrons. The van der Waals surface area contributed by atoms with E-state index in [1.807, 2.05) is 12.1 Å². The number of hydrogen-bond acceptors (Lipinski definition) is 4. The van der Waals surface area contributed by atoms with Gasteiger partial charge < -0.3 is 10.2 Å². The number of piperidine rings is 1. The Hall–Kier alpha value is -0.890. The maximum Gasteiger partial charge on any atom is 0.293 e. The third kappa shape index (κ3) is 3.31. The highest BCUT2D eigenvalue weighted by atomic mass is 127. The van der Waals surface area contributed by atoms with Crippen LogP contribution in [0, 0.1) is 19.6 Å². The van der Waals surface area contributed by atoms with Crippen molar-refractivity contribution in [1.82, 2.24) is 5.32 Å². The maximum absolute atomic E-state index is 11.3. The van der Waals surface area contributed by atoms with E-state index in [1.54, 1.807) is 6.07 Å². The monoisotopic (exact) mass is 401 g/mol. The van der Waals surface area contributed by atoms with Crippen molar-refractivity contribution in [2.45, 2.75) is 31.7 Å². The third-order valence-corrected chi connectivity index (χ3v) is 5.27. The molecule has 0 saturated carbocycles. The number of nitro benzene ring substituents is 1. The SMILES string of the molecule is O=[N+]([O-])c1cc(I)ccc1N1CCCC(C2CCCN2)C1. The summed E-state index contributed by atoms with van der Waals surface area (Å²) >= 11 is 2.13. The van der Waals surface area contributed by atoms with Crippen molar-refractivity contribution in [3.63, 3.8) is 0 Å². The van der Waals surface area contributed by atoms with Gasteiger partial charge >= 0.3 is 0 Å². The van der Waals surface area contributed by atoms with E-state index < -0.39 is 0 Å². The van der Waals surface area contributed by atoms with Crippen molar-refractivity contribution in [1.29, 1.82) is 0 Å². The van der Waals surface area contributed by atoms with Crippen molar-refractivity contribution >= 4 is 34.0 Å². The maximum atomic E-state index is 11.3. The van der Waals surface area contributed by atoms with E-state index >= 15 is 0 Å². The lowest BCUT2D eigenvalue weighted by atomic mass is 9.89. The summed E-state index contributed by atoms with van der Waals surface area (Å²) in [5.74, 6) is 0.611. The number of hydrogen-bond donors (Lipinski definition) is 1. The molecule has 5 nitrogen and oxygen atoms in total. The van der Waals surface area contributed by atoms with Gasteiger partial charge in [0.05, 0.1) is 4.92 Å². The summed E-state index contributed by atoms with van der Waals surface area (Å²) in [5, 5.41) is 14.9. The van der Waals surface area contributed by atoms with Crippen molar-refractivity contribution in [2.24, 2.45) is 5.92 Å². The van der Waals surface area contributed by atoms with Crippen LogP contribution in [0.4, 0.5) is 11.4 Å². The Bertz CT molecular complexity index is 532. The fourth-order valence-electron chi connectivity index (χ4n) is 3.58. The van der Waals surface area contributed by atoms with Gasteiger partial charge in [0, 0.05) is 28.8 Å². The van der Waals surface area contributed by atoms with Gasteiger partial charge in [-0.25, -0.2) is 0 Å². The summed E-state index contributed by atoms with van der Waals surface area (Å²) < 4.78 is 0.911. The molecule has 2 saturated heterocycles. The molecule has 1 aromatic carbocycles. The number of nitrogens with zero attached hydrogens (tertiary/aromatic N) is 2. The molecule has 2 fully saturated rings. The molecule has 114 valence electrons. The molecule has 2 aliphatic heterocycles. The van der Waals surface area contributed by atoms with Crippen LogP contribution >= 0.6 is 22.6 Å². The number of nitrogens with one attached hydrogen (secondary N) is 1. The molecule has 0 amide bonds. The zero-order valence-corrected chi connectivity index (χ0v) is 14.1. The predicted molar refractivity (Wildman–Crippen MR) is 91.8 cm³/mol. The van der Waals surface area contributed by atoms with Crippen LogP contribution in [0.25, 0.3) is 0 Å². The molecule has 2 atom stereocenters. The smallest absolute Gasteiger partial charge is 0.293 e. The summed E-state index contributed by atoms with van der Waals surface area (Å²) in [6.45, 7) is 2.97. The second-order valence-corrected chi connectivity index (χ2v) is 7.19. The van der Waals surface area contributed by atoms with E-state index in [0.717, 1.165) is 35.3 Å². The van der Waals surface area contributed by atoms with Gasteiger partial charge in [-0.05, 0) is 72.9 Å². The summed E-state index contributed by atoms with van der Waals surface area (Å²) in [5.41, 5.74) is 1.02. The lowest BCUT2D eigenvalue weighted by molar-refractivity contribution is -0.384. The van der Waals surface area contributed by atoms with Gasteiger partial charge in [0.15, 0.2) is 0 Å². The Morgan fingerprint density at radius 1 is 1.33 bits per heavy atom. The molecule has 21 heavy (non-hydrogen) atoms. The fraction of sp³-hybridized carbons (Fsp3) is 0.600. The number of halogens is 1. The zero-order valence-electron chi connectivity index (χ0n) is 11.9. The van der Waals surface area contributed by atoms with Gasteiger partial charge in [-0.2, -0.15) is 0 Å². The molecule has 2 heterocycles. The Labute approximate surface area is 138 Å². The minimum atomic E-state index is -0.255. The van der Waals surface area contributed by atoms with Crippen LogP contribution in [0.1, 0.15) is 25.7 Å². The summed E-state index contributed by atoms with van der Waals surface area (Å²) in [6, 6.07) is 6.13. The topological polar surface area (TPSA) is 58.4 Å². The van der Waals surface area contributed by atoms with Gasteiger partial charge in [0.1, 0.15) is 5.69 Å². The number of rotatable bonds is 3. The molecule has 0 aromatic heterocycles. The van der Waals surface area contributed by atoms with Crippen molar-refractivity contribution < 1.29 is 4.92 Å². The average Bonchev–Trinajstić information content (AvgIpc) is 3.01. The first-order valence-corrected chi connectivity index (χ1v) is 8.65. The fourth-order valence-corrected chi connectivity index (χ4v) is 4.06. The second-order valence-electron chi connectivity index (χ2n) is 5.94. The van der Waals surface area contributed by atoms with Crippen LogP contribution in [0.2, 0.25) is 0 Å². The summed E-state index contributed by atoms with van der Waals surface area (Å²) in [6.07, 6.45) is 4.84. The first kappa shape index (κ1) is 15.0. The van der Waals surface area contributed by atoms with Gasteiger partial charge in [0.25, 0.3) is 5.69 Å². The van der Waals surface area contributed by atoms with Gasteiger partial charge in [-0.15, -0.1) is 0 Å². The quantitative estimate of drug-likeness (QED) is 0.480. The molecular formula is C15H20IN3O2.